The van der Waals surface area contributed by atoms with Gasteiger partial charge in [0.25, 0.3) is 0 Å². The van der Waals surface area contributed by atoms with E-state index in [4.69, 9.17) is 14.7 Å². The van der Waals surface area contributed by atoms with E-state index in [0.29, 0.717) is 5.57 Å². The van der Waals surface area contributed by atoms with Gasteiger partial charge in [0, 0.05) is 12.7 Å². The summed E-state index contributed by atoms with van der Waals surface area (Å²) < 4.78 is 10.0. The Kier molecular flexibility index (Phi) is 6.84. The van der Waals surface area contributed by atoms with Gasteiger partial charge in [-0.05, 0) is 25.6 Å². The molecule has 0 radical (unpaired) electrons. The van der Waals surface area contributed by atoms with Crippen LogP contribution in [-0.4, -0.2) is 31.0 Å². The zero-order chi connectivity index (χ0) is 11.8. The summed E-state index contributed by atoms with van der Waals surface area (Å²) in [5.41, 5.74) is 0.348. The maximum absolute atomic E-state index is 11.1. The third-order valence-electron chi connectivity index (χ3n) is 1.83. The van der Waals surface area contributed by atoms with Crippen molar-refractivity contribution >= 4 is 17.7 Å². The van der Waals surface area contributed by atoms with E-state index in [2.05, 4.69) is 6.58 Å². The summed E-state index contributed by atoms with van der Waals surface area (Å²) in [5, 5.41) is 10.3. The number of carbonyl (C=O) groups excluding carboxylic acids is 1. The Labute approximate surface area is 94.2 Å². The molecule has 0 N–H and O–H groups in total. The molecule has 0 aliphatic carbocycles. The van der Waals surface area contributed by atoms with Gasteiger partial charge in [0.15, 0.2) is 0 Å². The molecule has 0 aromatic rings. The fourth-order valence-corrected chi connectivity index (χ4v) is 1.34. The largest absolute Gasteiger partial charge is 0.461 e. The lowest BCUT2D eigenvalue weighted by Crippen LogP contribution is -2.28. The topological polar surface area (TPSA) is 59.3 Å². The Bertz CT molecular complexity index is 272. The maximum Gasteiger partial charge on any atom is 0.333 e. The monoisotopic (exact) mass is 229 g/mol. The second-order valence-corrected chi connectivity index (χ2v) is 4.09. The summed E-state index contributed by atoms with van der Waals surface area (Å²) in [7, 11) is 1.55. The molecule has 15 heavy (non-hydrogen) atoms. The van der Waals surface area contributed by atoms with Gasteiger partial charge in [0.1, 0.15) is 12.0 Å². The number of hydrogen-bond acceptors (Lipinski definition) is 5. The molecule has 5 heteroatoms. The van der Waals surface area contributed by atoms with E-state index >= 15 is 0 Å². The van der Waals surface area contributed by atoms with Crippen molar-refractivity contribution in [3.63, 3.8) is 0 Å². The number of methoxy groups -OCH3 is 1. The fraction of sp³-hybridized carbons (Fsp3) is 0.600. The van der Waals surface area contributed by atoms with Crippen LogP contribution in [0.3, 0.4) is 0 Å². The molecule has 2 atom stereocenters. The van der Waals surface area contributed by atoms with Gasteiger partial charge in [-0.1, -0.05) is 6.58 Å². The smallest absolute Gasteiger partial charge is 0.333 e. The van der Waals surface area contributed by atoms with Crippen LogP contribution in [0.1, 0.15) is 13.8 Å². The van der Waals surface area contributed by atoms with Crippen LogP contribution < -0.4 is 0 Å². The third kappa shape index (κ3) is 5.45. The van der Waals surface area contributed by atoms with E-state index in [1.807, 2.05) is 12.3 Å². The lowest BCUT2D eigenvalue weighted by atomic mass is 10.3. The average molecular weight is 229 g/mol. The molecule has 0 aromatic carbocycles. The maximum atomic E-state index is 11.1. The third-order valence-corrected chi connectivity index (χ3v) is 2.75. The van der Waals surface area contributed by atoms with E-state index in [0.717, 1.165) is 11.8 Å². The molecule has 0 spiro atoms. The Balaban J connectivity index is 4.13. The van der Waals surface area contributed by atoms with Gasteiger partial charge in [-0.2, -0.15) is 5.26 Å². The predicted molar refractivity (Wildman–Crippen MR) is 59.2 cm³/mol. The predicted octanol–water partition coefficient (Wildman–Crippen LogP) is 1.72. The van der Waals surface area contributed by atoms with Gasteiger partial charge in [0.2, 0.25) is 0 Å². The minimum absolute atomic E-state index is 0.146. The van der Waals surface area contributed by atoms with Gasteiger partial charge in [0.05, 0.1) is 11.4 Å². The minimum atomic E-state index is -0.443. The van der Waals surface area contributed by atoms with E-state index in [9.17, 15) is 4.79 Å². The molecule has 0 saturated heterocycles. The first-order chi connectivity index (χ1) is 7.02. The lowest BCUT2D eigenvalue weighted by molar-refractivity contribution is -0.139. The minimum Gasteiger partial charge on any atom is -0.461 e. The van der Waals surface area contributed by atoms with Crippen LogP contribution in [0.25, 0.3) is 0 Å². The van der Waals surface area contributed by atoms with Gasteiger partial charge < -0.3 is 9.47 Å². The highest BCUT2D eigenvalue weighted by Crippen LogP contribution is 2.16. The first-order valence-electron chi connectivity index (χ1n) is 4.43. The number of nitriles is 1. The molecule has 0 heterocycles. The van der Waals surface area contributed by atoms with Crippen LogP contribution in [0.15, 0.2) is 12.2 Å². The summed E-state index contributed by atoms with van der Waals surface area (Å²) >= 11 is 1.04. The quantitative estimate of drug-likeness (QED) is 0.394. The van der Waals surface area contributed by atoms with Crippen molar-refractivity contribution in [3.8, 4) is 5.40 Å². The number of nitrogens with zero attached hydrogens (tertiary/aromatic N) is 1. The van der Waals surface area contributed by atoms with Crippen molar-refractivity contribution in [3.05, 3.63) is 12.2 Å². The molecule has 0 saturated carbocycles. The van der Waals surface area contributed by atoms with E-state index in [1.54, 1.807) is 14.0 Å². The van der Waals surface area contributed by atoms with Crippen LogP contribution in [0.2, 0.25) is 0 Å². The van der Waals surface area contributed by atoms with Gasteiger partial charge in [-0.25, -0.2) is 4.79 Å². The number of hydrogen-bond donors (Lipinski definition) is 0. The van der Waals surface area contributed by atoms with Crippen molar-refractivity contribution in [1.82, 2.24) is 0 Å². The Morgan fingerprint density at radius 1 is 1.67 bits per heavy atom. The van der Waals surface area contributed by atoms with Crippen LogP contribution in [0.5, 0.6) is 0 Å². The van der Waals surface area contributed by atoms with Crippen molar-refractivity contribution in [2.45, 2.75) is 25.2 Å². The van der Waals surface area contributed by atoms with Crippen LogP contribution in [0.4, 0.5) is 0 Å². The number of ether oxygens (including phenoxy) is 2. The second-order valence-electron chi connectivity index (χ2n) is 3.07. The highest BCUT2D eigenvalue weighted by molar-refractivity contribution is 8.04. The first kappa shape index (κ1) is 14.0. The zero-order valence-electron chi connectivity index (χ0n) is 9.15. The molecule has 84 valence electrons. The Morgan fingerprint density at radius 3 is 2.67 bits per heavy atom. The molecule has 0 rings (SSSR count). The molecular weight excluding hydrogens is 214 g/mol. The Hall–Kier alpha value is -0.990. The van der Waals surface area contributed by atoms with E-state index in [1.165, 1.54) is 0 Å². The van der Waals surface area contributed by atoms with Gasteiger partial charge in [-0.15, -0.1) is 0 Å². The highest BCUT2D eigenvalue weighted by Gasteiger charge is 2.19. The second kappa shape index (κ2) is 7.32. The molecule has 2 unspecified atom stereocenters. The Morgan fingerprint density at radius 2 is 2.27 bits per heavy atom. The fourth-order valence-electron chi connectivity index (χ4n) is 0.766. The van der Waals surface area contributed by atoms with E-state index < -0.39 is 5.97 Å². The molecule has 0 aliphatic rings. The number of esters is 1. The van der Waals surface area contributed by atoms with Crippen molar-refractivity contribution < 1.29 is 14.3 Å². The average Bonchev–Trinajstić information content (AvgIpc) is 2.22. The van der Waals surface area contributed by atoms with Gasteiger partial charge >= 0.3 is 5.97 Å². The molecule has 4 nitrogen and oxygen atoms in total. The zero-order valence-corrected chi connectivity index (χ0v) is 9.97. The number of rotatable bonds is 6. The summed E-state index contributed by atoms with van der Waals surface area (Å²) in [6.07, 6.45) is -0.146. The standard InChI is InChI=1S/C10H15NO3S/c1-7(2)10(12)14-5-9(15-6-11)8(3)13-4/h8-9H,1,5H2,2-4H3. The van der Waals surface area contributed by atoms with Crippen LogP contribution in [0, 0.1) is 10.7 Å². The molecule has 0 amide bonds. The number of carbonyl (C=O) groups is 1. The summed E-state index contributed by atoms with van der Waals surface area (Å²) in [5.74, 6) is -0.443. The van der Waals surface area contributed by atoms with Crippen LogP contribution in [-0.2, 0) is 14.3 Å². The SMILES string of the molecule is C=C(C)C(=O)OCC(SC#N)C(C)OC. The normalized spacial score (nSPS) is 13.7. The molecule has 0 aromatic heterocycles. The lowest BCUT2D eigenvalue weighted by Gasteiger charge is -2.18. The van der Waals surface area contributed by atoms with Crippen molar-refractivity contribution in [1.29, 1.82) is 5.26 Å². The van der Waals surface area contributed by atoms with Crippen molar-refractivity contribution in [2.75, 3.05) is 13.7 Å². The molecule has 0 aliphatic heterocycles. The van der Waals surface area contributed by atoms with Crippen molar-refractivity contribution in [2.24, 2.45) is 0 Å². The highest BCUT2D eigenvalue weighted by atomic mass is 32.2. The van der Waals surface area contributed by atoms with Gasteiger partial charge in [-0.3, -0.25) is 0 Å². The van der Waals surface area contributed by atoms with E-state index in [-0.39, 0.29) is 18.0 Å². The number of thiocyanates is 1. The first-order valence-corrected chi connectivity index (χ1v) is 5.31. The summed E-state index contributed by atoms with van der Waals surface area (Å²) in [4.78, 5) is 11.1. The molecule has 0 fully saturated rings. The summed E-state index contributed by atoms with van der Waals surface area (Å²) in [6, 6.07) is 0. The summed E-state index contributed by atoms with van der Waals surface area (Å²) in [6.45, 7) is 7.02. The van der Waals surface area contributed by atoms with Crippen LogP contribution >= 0.6 is 11.8 Å². The number of thioether (sulfide) groups is 1. The molecule has 0 bridgehead atoms. The molecular formula is C10H15NO3S.